The van der Waals surface area contributed by atoms with Crippen LogP contribution in [-0.2, 0) is 19.7 Å². The molecule has 0 aliphatic rings. The molecule has 0 saturated heterocycles. The molecule has 3 aromatic rings. The molecule has 3 rings (SSSR count). The van der Waals surface area contributed by atoms with Crippen LogP contribution in [0.15, 0.2) is 53.5 Å². The summed E-state index contributed by atoms with van der Waals surface area (Å²) in [7, 11) is 1.70. The van der Waals surface area contributed by atoms with Crippen molar-refractivity contribution in [3.8, 4) is 5.69 Å². The van der Waals surface area contributed by atoms with Crippen LogP contribution in [0.1, 0.15) is 28.1 Å². The third-order valence-electron chi connectivity index (χ3n) is 4.64. The monoisotopic (exact) mass is 523 g/mol. The Kier molecular flexibility index (Phi) is 8.79. The van der Waals surface area contributed by atoms with Gasteiger partial charge in [0.1, 0.15) is 5.82 Å². The first-order valence-electron chi connectivity index (χ1n) is 9.46. The number of rotatable bonds is 6. The van der Waals surface area contributed by atoms with E-state index in [0.717, 1.165) is 28.2 Å². The molecular weight excluding hydrogens is 496 g/mol. The second-order valence-electron chi connectivity index (χ2n) is 6.83. The van der Waals surface area contributed by atoms with Gasteiger partial charge in [0.05, 0.1) is 18.0 Å². The number of benzene rings is 2. The number of aliphatic imine (C=N–C) groups is 1. The lowest BCUT2D eigenvalue weighted by Gasteiger charge is -2.15. The molecule has 8 heteroatoms. The summed E-state index contributed by atoms with van der Waals surface area (Å²) in [6, 6.07) is 14.8. The third kappa shape index (κ3) is 5.79. The van der Waals surface area contributed by atoms with E-state index in [1.54, 1.807) is 19.2 Å². The minimum absolute atomic E-state index is 0. The average Bonchev–Trinajstić information content (AvgIpc) is 3.07. The van der Waals surface area contributed by atoms with Gasteiger partial charge in [-0.1, -0.05) is 24.3 Å². The van der Waals surface area contributed by atoms with Crippen molar-refractivity contribution < 1.29 is 9.50 Å². The Balaban J connectivity index is 0.00000320. The van der Waals surface area contributed by atoms with Gasteiger partial charge in [-0.05, 0) is 49.2 Å². The molecule has 6 nitrogen and oxygen atoms in total. The zero-order valence-electron chi connectivity index (χ0n) is 17.3. The second kappa shape index (κ2) is 11.1. The molecule has 0 unspecified atom stereocenters. The van der Waals surface area contributed by atoms with Gasteiger partial charge in [-0.3, -0.25) is 4.99 Å². The van der Waals surface area contributed by atoms with Crippen LogP contribution in [0.25, 0.3) is 5.69 Å². The molecule has 30 heavy (non-hydrogen) atoms. The normalized spacial score (nSPS) is 11.2. The molecule has 0 aliphatic heterocycles. The molecule has 1 heterocycles. The topological polar surface area (TPSA) is 74.5 Å². The number of hydrogen-bond donors (Lipinski definition) is 3. The van der Waals surface area contributed by atoms with E-state index in [2.05, 4.69) is 26.8 Å². The summed E-state index contributed by atoms with van der Waals surface area (Å²) < 4.78 is 15.5. The molecule has 160 valence electrons. The molecular formula is C22H27FIN5O. The maximum absolute atomic E-state index is 13.5. The smallest absolute Gasteiger partial charge is 0.191 e. The van der Waals surface area contributed by atoms with Crippen LogP contribution in [0, 0.1) is 19.7 Å². The van der Waals surface area contributed by atoms with Crippen molar-refractivity contribution in [2.24, 2.45) is 4.99 Å². The Morgan fingerprint density at radius 1 is 1.07 bits per heavy atom. The number of aliphatic hydroxyl groups excluding tert-OH is 1. The van der Waals surface area contributed by atoms with Gasteiger partial charge in [0, 0.05) is 31.4 Å². The highest BCUT2D eigenvalue weighted by molar-refractivity contribution is 14.0. The van der Waals surface area contributed by atoms with Gasteiger partial charge in [0.2, 0.25) is 0 Å². The largest absolute Gasteiger partial charge is 0.392 e. The van der Waals surface area contributed by atoms with Crippen LogP contribution in [0.5, 0.6) is 0 Å². The standard InChI is InChI=1S/C22H26FN5O.HI/c1-15-10-16(2)28(27-15)21-7-5-4-6-18(21)13-26-22(24-3)25-12-17-8-9-20(23)19(11-17)14-29;/h4-11,29H,12-14H2,1-3H3,(H2,24,25,26);1H. The lowest BCUT2D eigenvalue weighted by molar-refractivity contribution is 0.275. The molecule has 1 aromatic heterocycles. The molecule has 0 spiro atoms. The molecule has 0 atom stereocenters. The van der Waals surface area contributed by atoms with E-state index >= 15 is 0 Å². The minimum Gasteiger partial charge on any atom is -0.392 e. The van der Waals surface area contributed by atoms with E-state index in [9.17, 15) is 9.50 Å². The predicted octanol–water partition coefficient (Wildman–Crippen LogP) is 3.60. The molecule has 2 aromatic carbocycles. The fraction of sp³-hybridized carbons (Fsp3) is 0.273. The highest BCUT2D eigenvalue weighted by atomic mass is 127. The zero-order chi connectivity index (χ0) is 20.8. The fourth-order valence-electron chi connectivity index (χ4n) is 3.18. The van der Waals surface area contributed by atoms with Crippen molar-refractivity contribution in [1.82, 2.24) is 20.4 Å². The van der Waals surface area contributed by atoms with Gasteiger partial charge in [-0.15, -0.1) is 24.0 Å². The maximum atomic E-state index is 13.5. The van der Waals surface area contributed by atoms with Gasteiger partial charge < -0.3 is 15.7 Å². The van der Waals surface area contributed by atoms with E-state index in [4.69, 9.17) is 0 Å². The Morgan fingerprint density at radius 2 is 1.80 bits per heavy atom. The molecule has 0 amide bonds. The van der Waals surface area contributed by atoms with Crippen molar-refractivity contribution in [2.75, 3.05) is 7.05 Å². The van der Waals surface area contributed by atoms with E-state index in [0.29, 0.717) is 19.0 Å². The van der Waals surface area contributed by atoms with Crippen molar-refractivity contribution in [3.63, 3.8) is 0 Å². The zero-order valence-corrected chi connectivity index (χ0v) is 19.6. The lowest BCUT2D eigenvalue weighted by Crippen LogP contribution is -2.36. The van der Waals surface area contributed by atoms with Crippen LogP contribution in [-0.4, -0.2) is 27.9 Å². The number of nitrogens with one attached hydrogen (secondary N) is 2. The summed E-state index contributed by atoms with van der Waals surface area (Å²) in [5.74, 6) is 0.225. The number of hydrogen-bond acceptors (Lipinski definition) is 3. The first kappa shape index (κ1) is 23.8. The van der Waals surface area contributed by atoms with Gasteiger partial charge in [-0.25, -0.2) is 9.07 Å². The van der Waals surface area contributed by atoms with Crippen molar-refractivity contribution in [1.29, 1.82) is 0 Å². The number of aliphatic hydroxyl groups is 1. The van der Waals surface area contributed by atoms with Crippen molar-refractivity contribution >= 4 is 29.9 Å². The predicted molar refractivity (Wildman–Crippen MR) is 128 cm³/mol. The summed E-state index contributed by atoms with van der Waals surface area (Å²) in [4.78, 5) is 4.25. The summed E-state index contributed by atoms with van der Waals surface area (Å²) in [6.07, 6.45) is 0. The van der Waals surface area contributed by atoms with Gasteiger partial charge in [-0.2, -0.15) is 5.10 Å². The van der Waals surface area contributed by atoms with Gasteiger partial charge in [0.25, 0.3) is 0 Å². The third-order valence-corrected chi connectivity index (χ3v) is 4.64. The number of halogens is 2. The van der Waals surface area contributed by atoms with Crippen molar-refractivity contribution in [2.45, 2.75) is 33.5 Å². The lowest BCUT2D eigenvalue weighted by atomic mass is 10.1. The number of nitrogens with zero attached hydrogens (tertiary/aromatic N) is 3. The van der Waals surface area contributed by atoms with Gasteiger partial charge >= 0.3 is 0 Å². The summed E-state index contributed by atoms with van der Waals surface area (Å²) in [5, 5.41) is 20.3. The molecule has 0 aliphatic carbocycles. The van der Waals surface area contributed by atoms with Crippen molar-refractivity contribution in [3.05, 3.63) is 82.4 Å². The van der Waals surface area contributed by atoms with E-state index in [-0.39, 0.29) is 36.1 Å². The number of aromatic nitrogens is 2. The van der Waals surface area contributed by atoms with E-state index in [1.807, 2.05) is 42.8 Å². The summed E-state index contributed by atoms with van der Waals surface area (Å²) >= 11 is 0. The average molecular weight is 523 g/mol. The van der Waals surface area contributed by atoms with Crippen LogP contribution in [0.4, 0.5) is 4.39 Å². The second-order valence-corrected chi connectivity index (χ2v) is 6.83. The van der Waals surface area contributed by atoms with Crippen LogP contribution >= 0.6 is 24.0 Å². The SMILES string of the molecule is CN=C(NCc1ccc(F)c(CO)c1)NCc1ccccc1-n1nc(C)cc1C.I. The Morgan fingerprint density at radius 3 is 2.47 bits per heavy atom. The van der Waals surface area contributed by atoms with Gasteiger partial charge in [0.15, 0.2) is 5.96 Å². The van der Waals surface area contributed by atoms with Crippen LogP contribution in [0.3, 0.4) is 0 Å². The quantitative estimate of drug-likeness (QED) is 0.262. The highest BCUT2D eigenvalue weighted by Gasteiger charge is 2.09. The fourth-order valence-corrected chi connectivity index (χ4v) is 3.18. The highest BCUT2D eigenvalue weighted by Crippen LogP contribution is 2.17. The first-order valence-corrected chi connectivity index (χ1v) is 9.46. The maximum Gasteiger partial charge on any atom is 0.191 e. The van der Waals surface area contributed by atoms with E-state index < -0.39 is 5.82 Å². The molecule has 0 saturated carbocycles. The van der Waals surface area contributed by atoms with E-state index in [1.165, 1.54) is 6.07 Å². The Bertz CT molecular complexity index is 1020. The number of guanidine groups is 1. The molecule has 0 fully saturated rings. The number of para-hydroxylation sites is 1. The minimum atomic E-state index is -0.403. The van der Waals surface area contributed by atoms with Crippen LogP contribution < -0.4 is 10.6 Å². The summed E-state index contributed by atoms with van der Waals surface area (Å²) in [5.41, 5.74) is 5.31. The Hall–Kier alpha value is -2.46. The van der Waals surface area contributed by atoms with Crippen LogP contribution in [0.2, 0.25) is 0 Å². The first-order chi connectivity index (χ1) is 14.0. The molecule has 0 bridgehead atoms. The molecule has 3 N–H and O–H groups in total. The Labute approximate surface area is 193 Å². The number of aryl methyl sites for hydroxylation is 2. The summed E-state index contributed by atoms with van der Waals surface area (Å²) in [6.45, 7) is 4.73. The molecule has 0 radical (unpaired) electrons.